The van der Waals surface area contributed by atoms with Crippen LogP contribution in [0.15, 0.2) is 47.6 Å². The van der Waals surface area contributed by atoms with Crippen molar-refractivity contribution in [2.75, 3.05) is 13.7 Å². The Morgan fingerprint density at radius 3 is 2.81 bits per heavy atom. The first-order chi connectivity index (χ1) is 13.1. The van der Waals surface area contributed by atoms with Crippen molar-refractivity contribution in [1.29, 1.82) is 0 Å². The highest BCUT2D eigenvalue weighted by molar-refractivity contribution is 5.32. The molecule has 3 rings (SSSR count). The summed E-state index contributed by atoms with van der Waals surface area (Å²) in [5.41, 5.74) is 0.0847. The van der Waals surface area contributed by atoms with Crippen molar-refractivity contribution >= 4 is 5.69 Å². The highest BCUT2D eigenvalue weighted by Gasteiger charge is 2.25. The highest BCUT2D eigenvalue weighted by Crippen LogP contribution is 2.28. The van der Waals surface area contributed by atoms with Crippen molar-refractivity contribution in [3.8, 4) is 11.5 Å². The Bertz CT molecular complexity index is 864. The van der Waals surface area contributed by atoms with Crippen molar-refractivity contribution in [3.05, 3.63) is 58.2 Å². The zero-order valence-corrected chi connectivity index (χ0v) is 15.2. The van der Waals surface area contributed by atoms with E-state index in [-0.39, 0.29) is 23.1 Å². The van der Waals surface area contributed by atoms with E-state index in [1.54, 1.807) is 7.11 Å². The predicted octanol–water partition coefficient (Wildman–Crippen LogP) is 3.18. The van der Waals surface area contributed by atoms with Gasteiger partial charge >= 0.3 is 0 Å². The molecule has 0 saturated heterocycles. The van der Waals surface area contributed by atoms with Gasteiger partial charge in [-0.25, -0.2) is 0 Å². The number of nitrogens with zero attached hydrogens (tertiary/aromatic N) is 3. The Kier molecular flexibility index (Phi) is 5.95. The van der Waals surface area contributed by atoms with E-state index in [1.807, 2.05) is 24.3 Å². The van der Waals surface area contributed by atoms with Crippen molar-refractivity contribution in [2.45, 2.75) is 31.7 Å². The maximum Gasteiger partial charge on any atom is 0.274 e. The van der Waals surface area contributed by atoms with Gasteiger partial charge in [-0.3, -0.25) is 15.1 Å². The third kappa shape index (κ3) is 4.78. The van der Waals surface area contributed by atoms with Crippen LogP contribution >= 0.6 is 0 Å². The summed E-state index contributed by atoms with van der Waals surface area (Å²) in [5, 5.41) is 20.9. The van der Waals surface area contributed by atoms with Gasteiger partial charge in [0.05, 0.1) is 36.9 Å². The van der Waals surface area contributed by atoms with Crippen LogP contribution in [0.5, 0.6) is 11.5 Å². The van der Waals surface area contributed by atoms with Gasteiger partial charge in [0.25, 0.3) is 5.69 Å². The van der Waals surface area contributed by atoms with Crippen molar-refractivity contribution in [1.82, 2.24) is 4.73 Å². The van der Waals surface area contributed by atoms with Crippen LogP contribution in [0.2, 0.25) is 0 Å². The Labute approximate surface area is 156 Å². The lowest BCUT2D eigenvalue weighted by atomic mass is 9.85. The molecule has 1 heterocycles. The minimum absolute atomic E-state index is 0.0650. The Morgan fingerprint density at radius 1 is 1.26 bits per heavy atom. The molecule has 1 N–H and O–H groups in total. The first-order valence-electron chi connectivity index (χ1n) is 8.94. The first-order valence-corrected chi connectivity index (χ1v) is 8.94. The number of methoxy groups -OCH3 is 1. The fourth-order valence-electron chi connectivity index (χ4n) is 3.30. The molecule has 2 aromatic rings. The van der Waals surface area contributed by atoms with E-state index >= 15 is 0 Å². The van der Waals surface area contributed by atoms with E-state index in [2.05, 4.69) is 4.99 Å². The van der Waals surface area contributed by atoms with Gasteiger partial charge in [-0.1, -0.05) is 18.9 Å². The summed E-state index contributed by atoms with van der Waals surface area (Å²) < 4.78 is 12.0. The smallest absolute Gasteiger partial charge is 0.274 e. The van der Waals surface area contributed by atoms with Gasteiger partial charge in [-0.2, -0.15) is 4.73 Å². The molecule has 1 aliphatic carbocycles. The molecular formula is C19H23N3O5. The fraction of sp³-hybridized carbons (Fsp3) is 0.421. The van der Waals surface area contributed by atoms with Crippen LogP contribution in [0.1, 0.15) is 25.7 Å². The van der Waals surface area contributed by atoms with E-state index in [1.165, 1.54) is 18.3 Å². The van der Waals surface area contributed by atoms with Crippen LogP contribution in [0.3, 0.4) is 0 Å². The summed E-state index contributed by atoms with van der Waals surface area (Å²) in [6, 6.07) is 9.89. The molecule has 0 unspecified atom stereocenters. The summed E-state index contributed by atoms with van der Waals surface area (Å²) in [7, 11) is 1.61. The molecule has 144 valence electrons. The highest BCUT2D eigenvalue weighted by atomic mass is 16.6. The summed E-state index contributed by atoms with van der Waals surface area (Å²) in [4.78, 5) is 15.1. The Morgan fingerprint density at radius 2 is 2.04 bits per heavy atom. The van der Waals surface area contributed by atoms with E-state index in [9.17, 15) is 15.3 Å². The SMILES string of the molecule is COc1cccc(OC[C@@H]2CCCC[C@H]2N=c2cc([N+](=O)[O-])ccn2O)c1. The number of pyridine rings is 1. The zero-order chi connectivity index (χ0) is 19.2. The number of hydrogen-bond acceptors (Lipinski definition) is 6. The molecule has 0 bridgehead atoms. The molecule has 8 nitrogen and oxygen atoms in total. The molecule has 1 fully saturated rings. The molecule has 0 amide bonds. The van der Waals surface area contributed by atoms with Crippen LogP contribution in [-0.4, -0.2) is 34.6 Å². The summed E-state index contributed by atoms with van der Waals surface area (Å²) in [6.45, 7) is 0.488. The maximum atomic E-state index is 11.0. The standard InChI is InChI=1S/C19H23N3O5/c1-26-16-6-4-7-17(12-16)27-13-14-5-2-3-8-18(14)20-19-11-15(22(24)25)9-10-21(19)23/h4,6-7,9-12,14,18,23H,2-3,5,8,13H2,1H3/t14-,18+/m0/s1. The van der Waals surface area contributed by atoms with Crippen LogP contribution in [0, 0.1) is 16.0 Å². The second-order valence-corrected chi connectivity index (χ2v) is 6.58. The fourth-order valence-corrected chi connectivity index (χ4v) is 3.30. The molecule has 1 aromatic heterocycles. The first kappa shape index (κ1) is 18.8. The van der Waals surface area contributed by atoms with Crippen molar-refractivity contribution < 1.29 is 19.6 Å². The van der Waals surface area contributed by atoms with E-state index in [4.69, 9.17) is 9.47 Å². The summed E-state index contributed by atoms with van der Waals surface area (Å²) in [5.74, 6) is 1.63. The number of aromatic nitrogens is 1. The van der Waals surface area contributed by atoms with Gasteiger partial charge in [0.2, 0.25) is 0 Å². The van der Waals surface area contributed by atoms with Crippen LogP contribution in [0.4, 0.5) is 5.69 Å². The van der Waals surface area contributed by atoms with E-state index in [0.717, 1.165) is 41.9 Å². The number of rotatable bonds is 6. The Hall–Kier alpha value is -3.03. The minimum Gasteiger partial charge on any atom is -0.497 e. The monoisotopic (exact) mass is 373 g/mol. The average molecular weight is 373 g/mol. The lowest BCUT2D eigenvalue weighted by Gasteiger charge is -2.28. The zero-order valence-electron chi connectivity index (χ0n) is 15.2. The van der Waals surface area contributed by atoms with Crippen LogP contribution in [0.25, 0.3) is 0 Å². The van der Waals surface area contributed by atoms with Gasteiger partial charge in [0.1, 0.15) is 11.5 Å². The molecule has 0 radical (unpaired) electrons. The second kappa shape index (κ2) is 8.57. The molecule has 1 aromatic carbocycles. The second-order valence-electron chi connectivity index (χ2n) is 6.58. The topological polar surface area (TPSA) is 99.1 Å². The quantitative estimate of drug-likeness (QED) is 0.476. The van der Waals surface area contributed by atoms with Gasteiger partial charge in [-0.05, 0) is 25.0 Å². The molecular weight excluding hydrogens is 350 g/mol. The van der Waals surface area contributed by atoms with Crippen molar-refractivity contribution in [2.24, 2.45) is 10.9 Å². The third-order valence-electron chi connectivity index (χ3n) is 4.78. The maximum absolute atomic E-state index is 11.0. The average Bonchev–Trinajstić information content (AvgIpc) is 2.69. The van der Waals surface area contributed by atoms with Gasteiger partial charge in [0, 0.05) is 18.1 Å². The minimum atomic E-state index is -0.497. The Balaban J connectivity index is 1.77. The van der Waals surface area contributed by atoms with Crippen LogP contribution in [-0.2, 0) is 0 Å². The number of nitro groups is 1. The molecule has 8 heteroatoms. The largest absolute Gasteiger partial charge is 0.497 e. The number of hydrogen-bond donors (Lipinski definition) is 1. The van der Waals surface area contributed by atoms with Crippen molar-refractivity contribution in [3.63, 3.8) is 0 Å². The number of benzene rings is 1. The number of ether oxygens (including phenoxy) is 2. The van der Waals surface area contributed by atoms with Gasteiger partial charge < -0.3 is 14.7 Å². The molecule has 1 saturated carbocycles. The summed E-state index contributed by atoms with van der Waals surface area (Å²) in [6.07, 6.45) is 5.17. The van der Waals surface area contributed by atoms with E-state index < -0.39 is 4.92 Å². The van der Waals surface area contributed by atoms with E-state index in [0.29, 0.717) is 6.61 Å². The predicted molar refractivity (Wildman–Crippen MR) is 98.1 cm³/mol. The normalized spacial score (nSPS) is 20.3. The molecule has 1 aliphatic rings. The van der Waals surface area contributed by atoms with Gasteiger partial charge in [0.15, 0.2) is 5.49 Å². The lowest BCUT2D eigenvalue weighted by molar-refractivity contribution is -0.385. The third-order valence-corrected chi connectivity index (χ3v) is 4.78. The van der Waals surface area contributed by atoms with Crippen LogP contribution < -0.4 is 15.0 Å². The van der Waals surface area contributed by atoms with Gasteiger partial charge in [-0.15, -0.1) is 0 Å². The lowest BCUT2D eigenvalue weighted by Crippen LogP contribution is -2.32. The summed E-state index contributed by atoms with van der Waals surface area (Å²) >= 11 is 0. The molecule has 0 aliphatic heterocycles. The molecule has 2 atom stereocenters. The molecule has 27 heavy (non-hydrogen) atoms. The molecule has 0 spiro atoms.